The van der Waals surface area contributed by atoms with Crippen molar-refractivity contribution in [1.29, 1.82) is 0 Å². The van der Waals surface area contributed by atoms with Crippen molar-refractivity contribution in [1.82, 2.24) is 5.32 Å². The summed E-state index contributed by atoms with van der Waals surface area (Å²) in [7, 11) is 0. The number of amides is 1. The van der Waals surface area contributed by atoms with Crippen LogP contribution in [0.5, 0.6) is 0 Å². The van der Waals surface area contributed by atoms with Gasteiger partial charge in [-0.3, -0.25) is 9.59 Å². The van der Waals surface area contributed by atoms with E-state index >= 15 is 0 Å². The quantitative estimate of drug-likeness (QED) is 0.880. The number of carboxylic acid groups (broad SMARTS) is 1. The van der Waals surface area contributed by atoms with Crippen LogP contribution < -0.4 is 10.2 Å². The fraction of sp³-hybridized carbons (Fsp3) is 0.333. The molecule has 0 radical (unpaired) electrons. The SMILES string of the molecule is O=C(O)CC1NCCN(c2ccc(Br)cc2)C1=O. The monoisotopic (exact) mass is 312 g/mol. The Bertz CT molecular complexity index is 461. The molecule has 1 heterocycles. The molecule has 1 saturated heterocycles. The minimum absolute atomic E-state index is 0.189. The topological polar surface area (TPSA) is 69.6 Å². The molecule has 0 aromatic heterocycles. The number of carbonyl (C=O) groups is 2. The lowest BCUT2D eigenvalue weighted by atomic mass is 10.1. The van der Waals surface area contributed by atoms with Gasteiger partial charge in [0.1, 0.15) is 0 Å². The second kappa shape index (κ2) is 5.49. The second-order valence-corrected chi connectivity index (χ2v) is 4.99. The number of aliphatic carboxylic acids is 1. The maximum atomic E-state index is 12.1. The van der Waals surface area contributed by atoms with Crippen molar-refractivity contribution in [2.75, 3.05) is 18.0 Å². The molecule has 6 heteroatoms. The maximum absolute atomic E-state index is 12.1. The molecule has 1 unspecified atom stereocenters. The van der Waals surface area contributed by atoms with E-state index in [4.69, 9.17) is 5.11 Å². The number of halogens is 1. The minimum Gasteiger partial charge on any atom is -0.481 e. The molecular weight excluding hydrogens is 300 g/mol. The van der Waals surface area contributed by atoms with Gasteiger partial charge in [0.25, 0.3) is 0 Å². The minimum atomic E-state index is -0.974. The van der Waals surface area contributed by atoms with Crippen molar-refractivity contribution in [3.8, 4) is 0 Å². The Hall–Kier alpha value is -1.40. The molecule has 0 spiro atoms. The summed E-state index contributed by atoms with van der Waals surface area (Å²) in [6, 6.07) is 6.75. The number of anilines is 1. The van der Waals surface area contributed by atoms with E-state index in [1.54, 1.807) is 4.90 Å². The molecule has 2 N–H and O–H groups in total. The van der Waals surface area contributed by atoms with Gasteiger partial charge >= 0.3 is 5.97 Å². The molecule has 2 rings (SSSR count). The first-order valence-electron chi connectivity index (χ1n) is 5.60. The van der Waals surface area contributed by atoms with E-state index in [2.05, 4.69) is 21.2 Å². The summed E-state index contributed by atoms with van der Waals surface area (Å²) in [6.07, 6.45) is -0.189. The van der Waals surface area contributed by atoms with Gasteiger partial charge in [-0.2, -0.15) is 0 Å². The van der Waals surface area contributed by atoms with Crippen molar-refractivity contribution >= 4 is 33.5 Å². The molecule has 5 nitrogen and oxygen atoms in total. The van der Waals surface area contributed by atoms with E-state index in [0.717, 1.165) is 10.2 Å². The largest absolute Gasteiger partial charge is 0.481 e. The van der Waals surface area contributed by atoms with Crippen LogP contribution in [0, 0.1) is 0 Å². The number of rotatable bonds is 3. The fourth-order valence-electron chi connectivity index (χ4n) is 1.95. The summed E-state index contributed by atoms with van der Waals surface area (Å²) >= 11 is 3.34. The van der Waals surface area contributed by atoms with Crippen LogP contribution in [0.15, 0.2) is 28.7 Å². The molecule has 0 bridgehead atoms. The number of hydrogen-bond donors (Lipinski definition) is 2. The third-order valence-corrected chi connectivity index (χ3v) is 3.34. The smallest absolute Gasteiger partial charge is 0.305 e. The van der Waals surface area contributed by atoms with Gasteiger partial charge in [-0.25, -0.2) is 0 Å². The second-order valence-electron chi connectivity index (χ2n) is 4.07. The standard InChI is InChI=1S/C12H13BrN2O3/c13-8-1-3-9(4-2-8)15-6-5-14-10(12(15)18)7-11(16)17/h1-4,10,14H,5-7H2,(H,16,17). The highest BCUT2D eigenvalue weighted by molar-refractivity contribution is 9.10. The van der Waals surface area contributed by atoms with E-state index in [9.17, 15) is 9.59 Å². The molecular formula is C12H13BrN2O3. The third kappa shape index (κ3) is 2.88. The first kappa shape index (κ1) is 13.0. The molecule has 1 atom stereocenters. The molecule has 96 valence electrons. The Morgan fingerprint density at radius 2 is 2.11 bits per heavy atom. The third-order valence-electron chi connectivity index (χ3n) is 2.81. The molecule has 0 saturated carbocycles. The van der Waals surface area contributed by atoms with Crippen LogP contribution in [-0.4, -0.2) is 36.1 Å². The molecule has 1 aliphatic rings. The lowest BCUT2D eigenvalue weighted by Crippen LogP contribution is -2.55. The molecule has 1 aliphatic heterocycles. The van der Waals surface area contributed by atoms with Gasteiger partial charge in [0.15, 0.2) is 0 Å². The van der Waals surface area contributed by atoms with Gasteiger partial charge in [-0.15, -0.1) is 0 Å². The van der Waals surface area contributed by atoms with Crippen molar-refractivity contribution < 1.29 is 14.7 Å². The molecule has 1 amide bonds. The van der Waals surface area contributed by atoms with E-state index in [0.29, 0.717) is 13.1 Å². The Kier molecular flexibility index (Phi) is 3.98. The maximum Gasteiger partial charge on any atom is 0.305 e. The van der Waals surface area contributed by atoms with Gasteiger partial charge in [0.05, 0.1) is 12.5 Å². The van der Waals surface area contributed by atoms with E-state index in [1.165, 1.54) is 0 Å². The number of benzene rings is 1. The van der Waals surface area contributed by atoms with Gasteiger partial charge in [-0.1, -0.05) is 15.9 Å². The highest BCUT2D eigenvalue weighted by Crippen LogP contribution is 2.20. The lowest BCUT2D eigenvalue weighted by Gasteiger charge is -2.32. The zero-order valence-corrected chi connectivity index (χ0v) is 11.2. The average molecular weight is 313 g/mol. The van der Waals surface area contributed by atoms with Crippen LogP contribution in [0.1, 0.15) is 6.42 Å². The van der Waals surface area contributed by atoms with Gasteiger partial charge in [0, 0.05) is 23.2 Å². The van der Waals surface area contributed by atoms with Crippen LogP contribution in [0.2, 0.25) is 0 Å². The van der Waals surface area contributed by atoms with Crippen LogP contribution in [0.25, 0.3) is 0 Å². The van der Waals surface area contributed by atoms with Crippen molar-refractivity contribution in [2.24, 2.45) is 0 Å². The molecule has 0 aliphatic carbocycles. The summed E-state index contributed by atoms with van der Waals surface area (Å²) in [5.41, 5.74) is 0.792. The number of hydrogen-bond acceptors (Lipinski definition) is 3. The Balaban J connectivity index is 2.15. The lowest BCUT2D eigenvalue weighted by molar-refractivity contribution is -0.139. The Morgan fingerprint density at radius 3 is 2.72 bits per heavy atom. The number of nitrogens with one attached hydrogen (secondary N) is 1. The van der Waals surface area contributed by atoms with E-state index in [1.807, 2.05) is 24.3 Å². The first-order chi connectivity index (χ1) is 8.58. The molecule has 1 aromatic rings. The number of carbonyl (C=O) groups excluding carboxylic acids is 1. The van der Waals surface area contributed by atoms with Crippen LogP contribution in [0.3, 0.4) is 0 Å². The zero-order chi connectivity index (χ0) is 13.1. The number of nitrogens with zero attached hydrogens (tertiary/aromatic N) is 1. The normalized spacial score (nSPS) is 19.9. The van der Waals surface area contributed by atoms with Crippen molar-refractivity contribution in [3.63, 3.8) is 0 Å². The van der Waals surface area contributed by atoms with E-state index in [-0.39, 0.29) is 12.3 Å². The van der Waals surface area contributed by atoms with Crippen LogP contribution in [-0.2, 0) is 9.59 Å². The number of carboxylic acids is 1. The highest BCUT2D eigenvalue weighted by atomic mass is 79.9. The van der Waals surface area contributed by atoms with Gasteiger partial charge in [0.2, 0.25) is 5.91 Å². The molecule has 1 aromatic carbocycles. The Labute approximate surface area is 113 Å². The predicted molar refractivity (Wildman–Crippen MR) is 70.5 cm³/mol. The molecule has 1 fully saturated rings. The zero-order valence-electron chi connectivity index (χ0n) is 9.60. The van der Waals surface area contributed by atoms with Crippen LogP contribution in [0.4, 0.5) is 5.69 Å². The summed E-state index contributed by atoms with van der Waals surface area (Å²) in [5, 5.41) is 11.7. The van der Waals surface area contributed by atoms with Gasteiger partial charge < -0.3 is 15.3 Å². The summed E-state index contributed by atoms with van der Waals surface area (Å²) in [5.74, 6) is -1.16. The van der Waals surface area contributed by atoms with Crippen LogP contribution >= 0.6 is 15.9 Å². The van der Waals surface area contributed by atoms with Gasteiger partial charge in [-0.05, 0) is 24.3 Å². The van der Waals surface area contributed by atoms with Crippen molar-refractivity contribution in [2.45, 2.75) is 12.5 Å². The summed E-state index contributed by atoms with van der Waals surface area (Å²) in [6.45, 7) is 1.15. The Morgan fingerprint density at radius 1 is 1.44 bits per heavy atom. The first-order valence-corrected chi connectivity index (χ1v) is 6.39. The van der Waals surface area contributed by atoms with Crippen molar-refractivity contribution in [3.05, 3.63) is 28.7 Å². The fourth-order valence-corrected chi connectivity index (χ4v) is 2.21. The predicted octanol–water partition coefficient (Wildman–Crippen LogP) is 1.23. The molecule has 18 heavy (non-hydrogen) atoms. The van der Waals surface area contributed by atoms with E-state index < -0.39 is 12.0 Å². The summed E-state index contributed by atoms with van der Waals surface area (Å²) in [4.78, 5) is 24.4. The summed E-state index contributed by atoms with van der Waals surface area (Å²) < 4.78 is 0.941. The average Bonchev–Trinajstić information content (AvgIpc) is 2.33. The highest BCUT2D eigenvalue weighted by Gasteiger charge is 2.30. The number of piperazine rings is 1.